The molecule has 5 heteroatoms. The molecule has 0 aromatic carbocycles. The summed E-state index contributed by atoms with van der Waals surface area (Å²) in [4.78, 5) is 7.72. The zero-order chi connectivity index (χ0) is 10.7. The summed E-state index contributed by atoms with van der Waals surface area (Å²) < 4.78 is 18.0. The van der Waals surface area contributed by atoms with Crippen LogP contribution in [0.5, 0.6) is 0 Å². The van der Waals surface area contributed by atoms with Crippen molar-refractivity contribution in [3.63, 3.8) is 0 Å². The molecular weight excluding hydrogens is 197 g/mol. The number of hydrogen-bond acceptors (Lipinski definition) is 4. The summed E-state index contributed by atoms with van der Waals surface area (Å²) in [5, 5.41) is 3.17. The van der Waals surface area contributed by atoms with Gasteiger partial charge in [0.1, 0.15) is 0 Å². The Balaban J connectivity index is 1.93. The Labute approximate surface area is 87.9 Å². The second kappa shape index (κ2) is 4.53. The largest absolute Gasteiger partial charge is 0.378 e. The highest BCUT2D eigenvalue weighted by atomic mass is 19.1. The van der Waals surface area contributed by atoms with Gasteiger partial charge < -0.3 is 10.1 Å². The van der Waals surface area contributed by atoms with Crippen LogP contribution in [0.15, 0.2) is 12.4 Å². The van der Waals surface area contributed by atoms with Crippen LogP contribution < -0.4 is 5.32 Å². The molecule has 15 heavy (non-hydrogen) atoms. The molecule has 2 atom stereocenters. The molecule has 0 amide bonds. The molecule has 0 radical (unpaired) electrons. The molecule has 1 saturated heterocycles. The minimum absolute atomic E-state index is 0.261. The molecule has 1 fully saturated rings. The maximum atomic E-state index is 12.6. The minimum atomic E-state index is -0.416. The molecule has 2 unspecified atom stereocenters. The SMILES string of the molecule is CC1CC(Nc2ncc(F)cn2)CCO1. The van der Waals surface area contributed by atoms with Gasteiger partial charge in [-0.25, -0.2) is 14.4 Å². The zero-order valence-electron chi connectivity index (χ0n) is 8.61. The Kier molecular flexibility index (Phi) is 3.11. The lowest BCUT2D eigenvalue weighted by Gasteiger charge is -2.27. The number of nitrogens with zero attached hydrogens (tertiary/aromatic N) is 2. The Hall–Kier alpha value is -1.23. The van der Waals surface area contributed by atoms with Crippen molar-refractivity contribution in [3.8, 4) is 0 Å². The average Bonchev–Trinajstić information content (AvgIpc) is 2.22. The normalized spacial score (nSPS) is 26.3. The first kappa shape index (κ1) is 10.3. The maximum absolute atomic E-state index is 12.6. The Morgan fingerprint density at radius 2 is 2.20 bits per heavy atom. The fourth-order valence-electron chi connectivity index (χ4n) is 1.70. The van der Waals surface area contributed by atoms with Crippen LogP contribution in [0.25, 0.3) is 0 Å². The first-order valence-corrected chi connectivity index (χ1v) is 5.10. The van der Waals surface area contributed by atoms with Crippen LogP contribution in [0.3, 0.4) is 0 Å². The quantitative estimate of drug-likeness (QED) is 0.807. The van der Waals surface area contributed by atoms with Gasteiger partial charge in [0.25, 0.3) is 0 Å². The van der Waals surface area contributed by atoms with E-state index < -0.39 is 5.82 Å². The van der Waals surface area contributed by atoms with Crippen LogP contribution in [-0.4, -0.2) is 28.7 Å². The highest BCUT2D eigenvalue weighted by Gasteiger charge is 2.19. The second-order valence-corrected chi connectivity index (χ2v) is 3.77. The van der Waals surface area contributed by atoms with Crippen molar-refractivity contribution in [3.05, 3.63) is 18.2 Å². The molecule has 2 heterocycles. The van der Waals surface area contributed by atoms with Gasteiger partial charge in [0.15, 0.2) is 5.82 Å². The van der Waals surface area contributed by atoms with Gasteiger partial charge in [-0.3, -0.25) is 0 Å². The van der Waals surface area contributed by atoms with E-state index in [4.69, 9.17) is 4.74 Å². The second-order valence-electron chi connectivity index (χ2n) is 3.77. The Bertz CT molecular complexity index is 317. The van der Waals surface area contributed by atoms with E-state index in [1.54, 1.807) is 0 Å². The molecule has 1 aromatic heterocycles. The number of hydrogen-bond donors (Lipinski definition) is 1. The van der Waals surface area contributed by atoms with Crippen molar-refractivity contribution < 1.29 is 9.13 Å². The van der Waals surface area contributed by atoms with E-state index in [0.29, 0.717) is 12.0 Å². The number of rotatable bonds is 2. The first-order valence-electron chi connectivity index (χ1n) is 5.10. The standard InChI is InChI=1S/C10H14FN3O/c1-7-4-9(2-3-15-7)14-10-12-5-8(11)6-13-10/h5-7,9H,2-4H2,1H3,(H,12,13,14). The molecule has 1 aliphatic heterocycles. The molecular formula is C10H14FN3O. The summed E-state index contributed by atoms with van der Waals surface area (Å²) >= 11 is 0. The van der Waals surface area contributed by atoms with Crippen LogP contribution in [0, 0.1) is 5.82 Å². The highest BCUT2D eigenvalue weighted by Crippen LogP contribution is 2.16. The van der Waals surface area contributed by atoms with Crippen molar-refractivity contribution in [2.45, 2.75) is 31.9 Å². The lowest BCUT2D eigenvalue weighted by molar-refractivity contribution is 0.0231. The lowest BCUT2D eigenvalue weighted by atomic mass is 10.0. The molecule has 82 valence electrons. The van der Waals surface area contributed by atoms with E-state index in [1.807, 2.05) is 6.92 Å². The predicted molar refractivity (Wildman–Crippen MR) is 54.0 cm³/mol. The minimum Gasteiger partial charge on any atom is -0.378 e. The van der Waals surface area contributed by atoms with Crippen LogP contribution in [-0.2, 0) is 4.74 Å². The Morgan fingerprint density at radius 1 is 1.47 bits per heavy atom. The Morgan fingerprint density at radius 3 is 2.87 bits per heavy atom. The lowest BCUT2D eigenvalue weighted by Crippen LogP contribution is -2.33. The van der Waals surface area contributed by atoms with Crippen molar-refractivity contribution in [1.29, 1.82) is 0 Å². The van der Waals surface area contributed by atoms with Gasteiger partial charge in [-0.2, -0.15) is 0 Å². The molecule has 1 aliphatic rings. The van der Waals surface area contributed by atoms with Gasteiger partial charge in [-0.05, 0) is 19.8 Å². The zero-order valence-corrected chi connectivity index (χ0v) is 8.61. The number of nitrogens with one attached hydrogen (secondary N) is 1. The smallest absolute Gasteiger partial charge is 0.222 e. The molecule has 0 saturated carbocycles. The topological polar surface area (TPSA) is 47.0 Å². The van der Waals surface area contributed by atoms with Crippen molar-refractivity contribution in [2.75, 3.05) is 11.9 Å². The first-order chi connectivity index (χ1) is 7.24. The van der Waals surface area contributed by atoms with Crippen LogP contribution in [0.4, 0.5) is 10.3 Å². The monoisotopic (exact) mass is 211 g/mol. The van der Waals surface area contributed by atoms with E-state index in [0.717, 1.165) is 31.8 Å². The van der Waals surface area contributed by atoms with E-state index in [9.17, 15) is 4.39 Å². The summed E-state index contributed by atoms with van der Waals surface area (Å²) in [6, 6.07) is 0.319. The third kappa shape index (κ3) is 2.86. The van der Waals surface area contributed by atoms with Crippen molar-refractivity contribution in [2.24, 2.45) is 0 Å². The summed E-state index contributed by atoms with van der Waals surface area (Å²) in [7, 11) is 0. The van der Waals surface area contributed by atoms with Crippen LogP contribution in [0.1, 0.15) is 19.8 Å². The number of ether oxygens (including phenoxy) is 1. The maximum Gasteiger partial charge on any atom is 0.222 e. The van der Waals surface area contributed by atoms with E-state index in [2.05, 4.69) is 15.3 Å². The van der Waals surface area contributed by atoms with E-state index in [-0.39, 0.29) is 6.10 Å². The molecule has 1 aromatic rings. The molecule has 1 N–H and O–H groups in total. The van der Waals surface area contributed by atoms with E-state index >= 15 is 0 Å². The highest BCUT2D eigenvalue weighted by molar-refractivity contribution is 5.24. The third-order valence-corrected chi connectivity index (χ3v) is 2.44. The number of anilines is 1. The van der Waals surface area contributed by atoms with Crippen LogP contribution in [0.2, 0.25) is 0 Å². The number of aromatic nitrogens is 2. The summed E-state index contributed by atoms with van der Waals surface area (Å²) in [6.07, 6.45) is 4.46. The van der Waals surface area contributed by atoms with E-state index in [1.165, 1.54) is 0 Å². The number of halogens is 1. The molecule has 2 rings (SSSR count). The van der Waals surface area contributed by atoms with Gasteiger partial charge in [0.05, 0.1) is 18.5 Å². The predicted octanol–water partition coefficient (Wildman–Crippen LogP) is 1.60. The van der Waals surface area contributed by atoms with Crippen LogP contribution >= 0.6 is 0 Å². The molecule has 0 bridgehead atoms. The van der Waals surface area contributed by atoms with Crippen molar-refractivity contribution >= 4 is 5.95 Å². The summed E-state index contributed by atoms with van der Waals surface area (Å²) in [5.41, 5.74) is 0. The van der Waals surface area contributed by atoms with Gasteiger partial charge in [-0.1, -0.05) is 0 Å². The van der Waals surface area contributed by atoms with Gasteiger partial charge in [0.2, 0.25) is 5.95 Å². The summed E-state index contributed by atoms with van der Waals surface area (Å²) in [5.74, 6) is 0.0661. The average molecular weight is 211 g/mol. The van der Waals surface area contributed by atoms with Gasteiger partial charge >= 0.3 is 0 Å². The van der Waals surface area contributed by atoms with Gasteiger partial charge in [0, 0.05) is 12.6 Å². The van der Waals surface area contributed by atoms with Crippen molar-refractivity contribution in [1.82, 2.24) is 9.97 Å². The fourth-order valence-corrected chi connectivity index (χ4v) is 1.70. The third-order valence-electron chi connectivity index (χ3n) is 2.44. The van der Waals surface area contributed by atoms with Gasteiger partial charge in [-0.15, -0.1) is 0 Å². The molecule has 0 aliphatic carbocycles. The summed E-state index contributed by atoms with van der Waals surface area (Å²) in [6.45, 7) is 2.79. The fraction of sp³-hybridized carbons (Fsp3) is 0.600. The molecule has 4 nitrogen and oxygen atoms in total. The molecule has 0 spiro atoms.